The van der Waals surface area contributed by atoms with Gasteiger partial charge in [0.2, 0.25) is 0 Å². The Kier molecular flexibility index (Phi) is 3.35. The molecule has 1 N–H and O–H groups in total. The molecular formula is C10H14N6O2. The summed E-state index contributed by atoms with van der Waals surface area (Å²) in [6.45, 7) is 2.34. The first-order chi connectivity index (χ1) is 8.63. The van der Waals surface area contributed by atoms with E-state index < -0.39 is 5.97 Å². The second-order valence-electron chi connectivity index (χ2n) is 3.90. The third-order valence-corrected chi connectivity index (χ3v) is 2.62. The number of aromatic nitrogens is 6. The van der Waals surface area contributed by atoms with Crippen LogP contribution in [-0.2, 0) is 20.0 Å². The minimum absolute atomic E-state index is 0.0130. The van der Waals surface area contributed by atoms with Crippen molar-refractivity contribution in [3.05, 3.63) is 23.5 Å². The molecule has 0 saturated carbocycles. The van der Waals surface area contributed by atoms with Crippen LogP contribution in [0, 0.1) is 0 Å². The van der Waals surface area contributed by atoms with Crippen molar-refractivity contribution in [1.82, 2.24) is 29.8 Å². The van der Waals surface area contributed by atoms with Crippen molar-refractivity contribution < 1.29 is 9.90 Å². The minimum Gasteiger partial charge on any atom is -0.476 e. The zero-order valence-electron chi connectivity index (χ0n) is 10.2. The van der Waals surface area contributed by atoms with Gasteiger partial charge in [-0.05, 0) is 6.42 Å². The van der Waals surface area contributed by atoms with Crippen molar-refractivity contribution in [2.75, 3.05) is 0 Å². The van der Waals surface area contributed by atoms with Gasteiger partial charge in [0.1, 0.15) is 18.7 Å². The molecule has 2 heterocycles. The maximum Gasteiger partial charge on any atom is 0.358 e. The van der Waals surface area contributed by atoms with Gasteiger partial charge in [0, 0.05) is 7.05 Å². The van der Waals surface area contributed by atoms with E-state index in [9.17, 15) is 4.79 Å². The Bertz CT molecular complexity index is 558. The second kappa shape index (κ2) is 4.94. The molecular weight excluding hydrogens is 236 g/mol. The van der Waals surface area contributed by atoms with Gasteiger partial charge in [-0.3, -0.25) is 4.68 Å². The Morgan fingerprint density at radius 2 is 2.28 bits per heavy atom. The number of aryl methyl sites for hydroxylation is 1. The molecule has 0 saturated heterocycles. The number of aromatic carboxylic acids is 1. The van der Waals surface area contributed by atoms with Crippen LogP contribution in [0.4, 0.5) is 0 Å². The zero-order valence-corrected chi connectivity index (χ0v) is 10.2. The highest BCUT2D eigenvalue weighted by atomic mass is 16.4. The first kappa shape index (κ1) is 12.2. The normalized spacial score (nSPS) is 10.8. The van der Waals surface area contributed by atoms with Crippen LogP contribution in [0.1, 0.15) is 35.4 Å². The maximum atomic E-state index is 11.0. The summed E-state index contributed by atoms with van der Waals surface area (Å²) < 4.78 is 3.19. The second-order valence-corrected chi connectivity index (χ2v) is 3.90. The first-order valence-corrected chi connectivity index (χ1v) is 5.62. The summed E-state index contributed by atoms with van der Waals surface area (Å²) in [5.74, 6) is -0.350. The minimum atomic E-state index is -1.05. The van der Waals surface area contributed by atoms with Gasteiger partial charge < -0.3 is 5.11 Å². The fourth-order valence-electron chi connectivity index (χ4n) is 1.71. The Hall–Kier alpha value is -2.25. The summed E-state index contributed by atoms with van der Waals surface area (Å²) in [5.41, 5.74) is 0.631. The van der Waals surface area contributed by atoms with Crippen LogP contribution in [-0.4, -0.2) is 40.8 Å². The number of hydrogen-bond acceptors (Lipinski definition) is 5. The van der Waals surface area contributed by atoms with E-state index in [2.05, 4.69) is 20.4 Å². The number of carboxylic acid groups (broad SMARTS) is 1. The van der Waals surface area contributed by atoms with E-state index in [-0.39, 0.29) is 5.69 Å². The maximum absolute atomic E-state index is 11.0. The van der Waals surface area contributed by atoms with E-state index in [0.29, 0.717) is 24.5 Å². The molecule has 2 aromatic rings. The molecule has 8 nitrogen and oxygen atoms in total. The molecule has 0 aromatic carbocycles. The molecule has 96 valence electrons. The van der Waals surface area contributed by atoms with Gasteiger partial charge in [0.15, 0.2) is 5.69 Å². The van der Waals surface area contributed by atoms with E-state index in [0.717, 1.165) is 6.42 Å². The molecule has 0 spiro atoms. The van der Waals surface area contributed by atoms with Crippen molar-refractivity contribution in [2.24, 2.45) is 7.05 Å². The molecule has 0 aliphatic heterocycles. The molecule has 0 aliphatic rings. The van der Waals surface area contributed by atoms with Crippen molar-refractivity contribution in [3.63, 3.8) is 0 Å². The van der Waals surface area contributed by atoms with Crippen LogP contribution in [0.3, 0.4) is 0 Å². The Labute approximate surface area is 103 Å². The predicted octanol–water partition coefficient (Wildman–Crippen LogP) is 0.106. The van der Waals surface area contributed by atoms with E-state index in [1.54, 1.807) is 16.4 Å². The monoisotopic (exact) mass is 250 g/mol. The van der Waals surface area contributed by atoms with Gasteiger partial charge in [0.25, 0.3) is 0 Å². The van der Waals surface area contributed by atoms with Crippen LogP contribution < -0.4 is 0 Å². The molecule has 0 radical (unpaired) electrons. The molecule has 0 aliphatic carbocycles. The topological polar surface area (TPSA) is 98.7 Å². The third-order valence-electron chi connectivity index (χ3n) is 2.62. The highest BCUT2D eigenvalue weighted by Gasteiger charge is 2.19. The molecule has 18 heavy (non-hydrogen) atoms. The molecule has 2 aromatic heterocycles. The van der Waals surface area contributed by atoms with Gasteiger partial charge in [-0.1, -0.05) is 18.6 Å². The lowest BCUT2D eigenvalue weighted by molar-refractivity contribution is 0.0689. The largest absolute Gasteiger partial charge is 0.476 e. The van der Waals surface area contributed by atoms with Crippen LogP contribution in [0.5, 0.6) is 0 Å². The van der Waals surface area contributed by atoms with Crippen molar-refractivity contribution in [2.45, 2.75) is 26.3 Å². The summed E-state index contributed by atoms with van der Waals surface area (Å²) in [5, 5.41) is 20.6. The van der Waals surface area contributed by atoms with Gasteiger partial charge in [-0.2, -0.15) is 5.10 Å². The number of carboxylic acids is 1. The lowest BCUT2D eigenvalue weighted by Gasteiger charge is -2.05. The highest BCUT2D eigenvalue weighted by molar-refractivity contribution is 5.86. The molecule has 0 atom stereocenters. The SMILES string of the molecule is CCCc1c(C(=O)O)nnn1Cc1ncnn1C. The third kappa shape index (κ3) is 2.22. The van der Waals surface area contributed by atoms with Crippen molar-refractivity contribution in [3.8, 4) is 0 Å². The average molecular weight is 250 g/mol. The summed E-state index contributed by atoms with van der Waals surface area (Å²) in [7, 11) is 1.77. The Balaban J connectivity index is 2.33. The van der Waals surface area contributed by atoms with Crippen LogP contribution in [0.15, 0.2) is 6.33 Å². The van der Waals surface area contributed by atoms with Crippen LogP contribution in [0.25, 0.3) is 0 Å². The summed E-state index contributed by atoms with van der Waals surface area (Å²) >= 11 is 0. The summed E-state index contributed by atoms with van der Waals surface area (Å²) in [6, 6.07) is 0. The van der Waals surface area contributed by atoms with Gasteiger partial charge in [-0.15, -0.1) is 5.10 Å². The van der Waals surface area contributed by atoms with Gasteiger partial charge >= 0.3 is 5.97 Å². The Morgan fingerprint density at radius 3 is 2.83 bits per heavy atom. The number of rotatable bonds is 5. The lowest BCUT2D eigenvalue weighted by atomic mass is 10.2. The fraction of sp³-hybridized carbons (Fsp3) is 0.500. The smallest absolute Gasteiger partial charge is 0.358 e. The fourth-order valence-corrected chi connectivity index (χ4v) is 1.71. The van der Waals surface area contributed by atoms with Gasteiger partial charge in [0.05, 0.1) is 5.69 Å². The molecule has 8 heteroatoms. The summed E-state index contributed by atoms with van der Waals surface area (Å²) in [6.07, 6.45) is 2.89. The quantitative estimate of drug-likeness (QED) is 0.808. The summed E-state index contributed by atoms with van der Waals surface area (Å²) in [4.78, 5) is 15.1. The van der Waals surface area contributed by atoms with Gasteiger partial charge in [-0.25, -0.2) is 14.5 Å². The van der Waals surface area contributed by atoms with E-state index in [1.165, 1.54) is 6.33 Å². The average Bonchev–Trinajstić information content (AvgIpc) is 2.89. The van der Waals surface area contributed by atoms with Crippen molar-refractivity contribution in [1.29, 1.82) is 0 Å². The predicted molar refractivity (Wildman–Crippen MR) is 61.1 cm³/mol. The molecule has 0 fully saturated rings. The number of nitrogens with zero attached hydrogens (tertiary/aromatic N) is 6. The molecule has 2 rings (SSSR count). The number of hydrogen-bond donors (Lipinski definition) is 1. The van der Waals surface area contributed by atoms with Crippen LogP contribution >= 0.6 is 0 Å². The highest BCUT2D eigenvalue weighted by Crippen LogP contribution is 2.10. The lowest BCUT2D eigenvalue weighted by Crippen LogP contribution is -2.12. The van der Waals surface area contributed by atoms with E-state index in [1.807, 2.05) is 6.92 Å². The molecule has 0 unspecified atom stereocenters. The standard InChI is InChI=1S/C10H14N6O2/c1-3-4-7-9(10(17)18)13-14-16(7)5-8-11-6-12-15(8)2/h6H,3-5H2,1-2H3,(H,17,18). The van der Waals surface area contributed by atoms with E-state index in [4.69, 9.17) is 5.11 Å². The Morgan fingerprint density at radius 1 is 1.50 bits per heavy atom. The van der Waals surface area contributed by atoms with E-state index >= 15 is 0 Å². The number of carbonyl (C=O) groups is 1. The van der Waals surface area contributed by atoms with Crippen molar-refractivity contribution >= 4 is 5.97 Å². The zero-order chi connectivity index (χ0) is 13.1. The molecule has 0 bridgehead atoms. The first-order valence-electron chi connectivity index (χ1n) is 5.62. The molecule has 0 amide bonds. The van der Waals surface area contributed by atoms with Crippen LogP contribution in [0.2, 0.25) is 0 Å².